The Morgan fingerprint density at radius 1 is 1.00 bits per heavy atom. The maximum absolute atomic E-state index is 11.9. The number of nitrogens with one attached hydrogen (secondary N) is 2. The second-order valence-corrected chi connectivity index (χ2v) is 5.03. The Bertz CT molecular complexity index is 626. The van der Waals surface area contributed by atoms with Crippen LogP contribution < -0.4 is 20.1 Å². The largest absolute Gasteiger partial charge is 0.497 e. The van der Waals surface area contributed by atoms with Gasteiger partial charge in [-0.15, -0.1) is 0 Å². The summed E-state index contributed by atoms with van der Waals surface area (Å²) in [6.45, 7) is 0.604. The molecule has 0 saturated carbocycles. The van der Waals surface area contributed by atoms with Gasteiger partial charge >= 0.3 is 6.03 Å². The monoisotopic (exact) mass is 314 g/mol. The number of carbonyl (C=O) groups excluding carboxylic acids is 1. The second-order valence-electron chi connectivity index (χ2n) is 5.03. The van der Waals surface area contributed by atoms with Gasteiger partial charge in [-0.2, -0.15) is 0 Å². The lowest BCUT2D eigenvalue weighted by atomic mass is 10.1. The van der Waals surface area contributed by atoms with Crippen LogP contribution in [0.3, 0.4) is 0 Å². The van der Waals surface area contributed by atoms with Crippen LogP contribution in [0.5, 0.6) is 11.5 Å². The van der Waals surface area contributed by atoms with E-state index in [4.69, 9.17) is 9.47 Å². The van der Waals surface area contributed by atoms with Crippen molar-refractivity contribution in [2.24, 2.45) is 0 Å². The molecule has 23 heavy (non-hydrogen) atoms. The summed E-state index contributed by atoms with van der Waals surface area (Å²) in [4.78, 5) is 11.9. The fourth-order valence-electron chi connectivity index (χ4n) is 2.20. The van der Waals surface area contributed by atoms with Crippen molar-refractivity contribution in [3.63, 3.8) is 0 Å². The second kappa shape index (κ2) is 8.68. The van der Waals surface area contributed by atoms with Crippen molar-refractivity contribution >= 4 is 11.7 Å². The van der Waals surface area contributed by atoms with Gasteiger partial charge in [0.15, 0.2) is 0 Å². The molecule has 0 bridgehead atoms. The third-order valence-electron chi connectivity index (χ3n) is 3.44. The summed E-state index contributed by atoms with van der Waals surface area (Å²) < 4.78 is 10.3. The molecular weight excluding hydrogens is 292 g/mol. The van der Waals surface area contributed by atoms with Crippen molar-refractivity contribution < 1.29 is 14.3 Å². The van der Waals surface area contributed by atoms with Gasteiger partial charge in [0.25, 0.3) is 0 Å². The van der Waals surface area contributed by atoms with E-state index in [0.29, 0.717) is 18.0 Å². The molecule has 0 radical (unpaired) electrons. The van der Waals surface area contributed by atoms with Crippen LogP contribution in [0, 0.1) is 0 Å². The molecule has 5 nitrogen and oxygen atoms in total. The van der Waals surface area contributed by atoms with Crippen LogP contribution in [-0.4, -0.2) is 26.8 Å². The fraction of sp³-hybridized carbons (Fsp3) is 0.278. The summed E-state index contributed by atoms with van der Waals surface area (Å²) in [6, 6.07) is 15.0. The molecule has 2 amide bonds. The van der Waals surface area contributed by atoms with Crippen LogP contribution in [0.4, 0.5) is 10.5 Å². The van der Waals surface area contributed by atoms with E-state index in [1.807, 2.05) is 36.4 Å². The Morgan fingerprint density at radius 3 is 2.43 bits per heavy atom. The number of benzene rings is 2. The van der Waals surface area contributed by atoms with Gasteiger partial charge in [-0.3, -0.25) is 0 Å². The van der Waals surface area contributed by atoms with E-state index in [1.54, 1.807) is 26.4 Å². The number of para-hydroxylation sites is 2. The standard InChI is InChI=1S/C18H22N2O3/c1-22-15-11-9-14(10-12-15)6-5-13-19-18(21)20-16-7-3-4-8-17(16)23-2/h3-4,7-12H,5-6,13H2,1-2H3,(H2,19,20,21). The molecule has 0 spiro atoms. The van der Waals surface area contributed by atoms with Gasteiger partial charge in [0.1, 0.15) is 11.5 Å². The molecule has 2 aromatic rings. The summed E-state index contributed by atoms with van der Waals surface area (Å²) in [7, 11) is 3.23. The molecular formula is C18H22N2O3. The predicted octanol–water partition coefficient (Wildman–Crippen LogP) is 3.46. The first-order valence-corrected chi connectivity index (χ1v) is 7.53. The van der Waals surface area contributed by atoms with Crippen molar-refractivity contribution in [1.29, 1.82) is 0 Å². The summed E-state index contributed by atoms with van der Waals surface area (Å²) in [5.41, 5.74) is 1.88. The number of urea groups is 1. The highest BCUT2D eigenvalue weighted by molar-refractivity contribution is 5.90. The molecule has 0 saturated heterocycles. The van der Waals surface area contributed by atoms with E-state index < -0.39 is 0 Å². The Kier molecular flexibility index (Phi) is 6.29. The average Bonchev–Trinajstić information content (AvgIpc) is 2.59. The number of rotatable bonds is 7. The van der Waals surface area contributed by atoms with Gasteiger partial charge in [-0.25, -0.2) is 4.79 Å². The zero-order valence-corrected chi connectivity index (χ0v) is 13.5. The van der Waals surface area contributed by atoms with Crippen molar-refractivity contribution in [3.8, 4) is 11.5 Å². The lowest BCUT2D eigenvalue weighted by Crippen LogP contribution is -2.29. The van der Waals surface area contributed by atoms with E-state index in [9.17, 15) is 4.79 Å². The molecule has 2 aromatic carbocycles. The van der Waals surface area contributed by atoms with Gasteiger partial charge in [0.05, 0.1) is 19.9 Å². The number of methoxy groups -OCH3 is 2. The summed E-state index contributed by atoms with van der Waals surface area (Å²) in [6.07, 6.45) is 1.77. The minimum atomic E-state index is -0.232. The van der Waals surface area contributed by atoms with Crippen LogP contribution in [0.15, 0.2) is 48.5 Å². The van der Waals surface area contributed by atoms with Gasteiger partial charge in [0.2, 0.25) is 0 Å². The highest BCUT2D eigenvalue weighted by Crippen LogP contribution is 2.22. The minimum absolute atomic E-state index is 0.232. The van der Waals surface area contributed by atoms with E-state index in [2.05, 4.69) is 10.6 Å². The smallest absolute Gasteiger partial charge is 0.319 e. The summed E-state index contributed by atoms with van der Waals surface area (Å²) in [5.74, 6) is 1.49. The maximum atomic E-state index is 11.9. The zero-order valence-electron chi connectivity index (χ0n) is 13.5. The van der Waals surface area contributed by atoms with E-state index in [-0.39, 0.29) is 6.03 Å². The molecule has 0 aliphatic rings. The normalized spacial score (nSPS) is 10.0. The van der Waals surface area contributed by atoms with Crippen molar-refractivity contribution in [1.82, 2.24) is 5.32 Å². The van der Waals surface area contributed by atoms with Gasteiger partial charge < -0.3 is 20.1 Å². The maximum Gasteiger partial charge on any atom is 0.319 e. The Balaban J connectivity index is 1.72. The number of aryl methyl sites for hydroxylation is 1. The van der Waals surface area contributed by atoms with E-state index >= 15 is 0 Å². The number of amides is 2. The molecule has 0 aliphatic carbocycles. The lowest BCUT2D eigenvalue weighted by molar-refractivity contribution is 0.252. The highest BCUT2D eigenvalue weighted by Gasteiger charge is 2.05. The average molecular weight is 314 g/mol. The number of ether oxygens (including phenoxy) is 2. The molecule has 0 unspecified atom stereocenters. The number of carbonyl (C=O) groups is 1. The Morgan fingerprint density at radius 2 is 1.74 bits per heavy atom. The van der Waals surface area contributed by atoms with Crippen molar-refractivity contribution in [2.75, 3.05) is 26.1 Å². The molecule has 0 atom stereocenters. The molecule has 0 fully saturated rings. The Hall–Kier alpha value is -2.69. The quantitative estimate of drug-likeness (QED) is 0.770. The first-order valence-electron chi connectivity index (χ1n) is 7.53. The third-order valence-corrected chi connectivity index (χ3v) is 3.44. The molecule has 122 valence electrons. The van der Waals surface area contributed by atoms with E-state index in [0.717, 1.165) is 18.6 Å². The molecule has 5 heteroatoms. The van der Waals surface area contributed by atoms with Crippen LogP contribution in [0.2, 0.25) is 0 Å². The molecule has 0 heterocycles. The highest BCUT2D eigenvalue weighted by atomic mass is 16.5. The summed E-state index contributed by atoms with van der Waals surface area (Å²) >= 11 is 0. The summed E-state index contributed by atoms with van der Waals surface area (Å²) in [5, 5.41) is 5.63. The Labute approximate surface area is 136 Å². The molecule has 2 N–H and O–H groups in total. The number of hydrogen-bond donors (Lipinski definition) is 2. The lowest BCUT2D eigenvalue weighted by Gasteiger charge is -2.11. The van der Waals surface area contributed by atoms with Crippen LogP contribution in [-0.2, 0) is 6.42 Å². The van der Waals surface area contributed by atoms with Crippen molar-refractivity contribution in [2.45, 2.75) is 12.8 Å². The van der Waals surface area contributed by atoms with Crippen LogP contribution in [0.1, 0.15) is 12.0 Å². The van der Waals surface area contributed by atoms with Crippen LogP contribution in [0.25, 0.3) is 0 Å². The number of hydrogen-bond acceptors (Lipinski definition) is 3. The molecule has 0 aliphatic heterocycles. The topological polar surface area (TPSA) is 59.6 Å². The fourth-order valence-corrected chi connectivity index (χ4v) is 2.20. The van der Waals surface area contributed by atoms with Gasteiger partial charge in [-0.05, 0) is 42.7 Å². The van der Waals surface area contributed by atoms with Crippen molar-refractivity contribution in [3.05, 3.63) is 54.1 Å². The SMILES string of the molecule is COc1ccc(CCCNC(=O)Nc2ccccc2OC)cc1. The van der Waals surface area contributed by atoms with Gasteiger partial charge in [-0.1, -0.05) is 24.3 Å². The number of anilines is 1. The van der Waals surface area contributed by atoms with E-state index in [1.165, 1.54) is 5.56 Å². The molecule has 2 rings (SSSR count). The molecule has 0 aromatic heterocycles. The third kappa shape index (κ3) is 5.21. The zero-order chi connectivity index (χ0) is 16.5. The first-order chi connectivity index (χ1) is 11.2. The van der Waals surface area contributed by atoms with Crippen LogP contribution >= 0.6 is 0 Å². The van der Waals surface area contributed by atoms with Gasteiger partial charge in [0, 0.05) is 6.54 Å². The first kappa shape index (κ1) is 16.7. The predicted molar refractivity (Wildman–Crippen MR) is 91.3 cm³/mol. The minimum Gasteiger partial charge on any atom is -0.497 e.